The van der Waals surface area contributed by atoms with Crippen LogP contribution in [0.1, 0.15) is 21.5 Å². The minimum absolute atomic E-state index is 0.171. The second-order valence-corrected chi connectivity index (χ2v) is 5.57. The van der Waals surface area contributed by atoms with Gasteiger partial charge in [0.15, 0.2) is 0 Å². The van der Waals surface area contributed by atoms with Crippen LogP contribution >= 0.6 is 0 Å². The molecule has 5 heteroatoms. The Morgan fingerprint density at radius 1 is 1.00 bits per heavy atom. The molecular weight excluding hydrogens is 328 g/mol. The van der Waals surface area contributed by atoms with Crippen LogP contribution in [0, 0.1) is 0 Å². The first-order valence-electron chi connectivity index (χ1n) is 8.10. The summed E-state index contributed by atoms with van der Waals surface area (Å²) in [5.41, 5.74) is 5.32. The smallest absolute Gasteiger partial charge is 0.337 e. The van der Waals surface area contributed by atoms with Gasteiger partial charge in [-0.05, 0) is 35.4 Å². The number of aromatic carboxylic acids is 1. The lowest BCUT2D eigenvalue weighted by atomic mass is 10.2. The standard InChI is InChI=1S/C21H18N2O3/c24-21(25)19-11-4-5-12-20(19)23-22-14-17-9-6-10-18(13-17)26-15-16-7-2-1-3-8-16/h1-14,23H,15H2,(H,24,25)/b22-14+. The number of hydrazone groups is 1. The van der Waals surface area contributed by atoms with Crippen LogP contribution in [0.3, 0.4) is 0 Å². The van der Waals surface area contributed by atoms with E-state index >= 15 is 0 Å². The first kappa shape index (κ1) is 17.2. The summed E-state index contributed by atoms with van der Waals surface area (Å²) >= 11 is 0. The average Bonchev–Trinajstić information content (AvgIpc) is 2.68. The van der Waals surface area contributed by atoms with E-state index in [1.165, 1.54) is 6.07 Å². The van der Waals surface area contributed by atoms with Gasteiger partial charge in [0.2, 0.25) is 0 Å². The van der Waals surface area contributed by atoms with Gasteiger partial charge >= 0.3 is 5.97 Å². The molecule has 5 nitrogen and oxygen atoms in total. The molecule has 0 heterocycles. The van der Waals surface area contributed by atoms with E-state index in [4.69, 9.17) is 9.84 Å². The molecule has 2 N–H and O–H groups in total. The molecule has 0 aliphatic carbocycles. The van der Waals surface area contributed by atoms with Crippen molar-refractivity contribution >= 4 is 17.9 Å². The van der Waals surface area contributed by atoms with Crippen LogP contribution in [0.15, 0.2) is 84.0 Å². The quantitative estimate of drug-likeness (QED) is 0.491. The Morgan fingerprint density at radius 3 is 2.58 bits per heavy atom. The molecule has 3 rings (SSSR count). The van der Waals surface area contributed by atoms with Crippen molar-refractivity contribution < 1.29 is 14.6 Å². The number of hydrogen-bond acceptors (Lipinski definition) is 4. The summed E-state index contributed by atoms with van der Waals surface area (Å²) in [4.78, 5) is 11.2. The van der Waals surface area contributed by atoms with Crippen molar-refractivity contribution in [2.75, 3.05) is 5.43 Å². The number of nitrogens with one attached hydrogen (secondary N) is 1. The van der Waals surface area contributed by atoms with Crippen LogP contribution in [0.4, 0.5) is 5.69 Å². The lowest BCUT2D eigenvalue weighted by molar-refractivity contribution is 0.0698. The molecule has 0 saturated carbocycles. The molecule has 3 aromatic rings. The molecule has 26 heavy (non-hydrogen) atoms. The first-order valence-corrected chi connectivity index (χ1v) is 8.10. The summed E-state index contributed by atoms with van der Waals surface area (Å²) in [6, 6.07) is 24.1. The number of para-hydroxylation sites is 1. The number of rotatable bonds is 7. The molecule has 0 bridgehead atoms. The molecule has 0 atom stereocenters. The molecule has 130 valence electrons. The summed E-state index contributed by atoms with van der Waals surface area (Å²) in [6.07, 6.45) is 1.62. The second kappa shape index (κ2) is 8.48. The number of hydrogen-bond donors (Lipinski definition) is 2. The molecule has 3 aromatic carbocycles. The number of benzene rings is 3. The average molecular weight is 346 g/mol. The SMILES string of the molecule is O=C(O)c1ccccc1N/N=C/c1cccc(OCc2ccccc2)c1. The maximum absolute atomic E-state index is 11.2. The predicted octanol–water partition coefficient (Wildman–Crippen LogP) is 4.41. The third kappa shape index (κ3) is 4.70. The zero-order valence-corrected chi connectivity index (χ0v) is 14.0. The molecule has 0 spiro atoms. The fourth-order valence-corrected chi connectivity index (χ4v) is 2.37. The van der Waals surface area contributed by atoms with Crippen molar-refractivity contribution in [2.45, 2.75) is 6.61 Å². The van der Waals surface area contributed by atoms with Crippen molar-refractivity contribution in [3.63, 3.8) is 0 Å². The van der Waals surface area contributed by atoms with E-state index in [2.05, 4.69) is 10.5 Å². The second-order valence-electron chi connectivity index (χ2n) is 5.57. The van der Waals surface area contributed by atoms with Crippen LogP contribution in [-0.2, 0) is 6.61 Å². The van der Waals surface area contributed by atoms with Crippen molar-refractivity contribution in [3.8, 4) is 5.75 Å². The number of nitrogens with zero attached hydrogens (tertiary/aromatic N) is 1. The summed E-state index contributed by atoms with van der Waals surface area (Å²) in [6.45, 7) is 0.492. The summed E-state index contributed by atoms with van der Waals surface area (Å²) in [7, 11) is 0. The Balaban J connectivity index is 1.63. The zero-order valence-electron chi connectivity index (χ0n) is 14.0. The molecular formula is C21H18N2O3. The number of carboxylic acids is 1. The summed E-state index contributed by atoms with van der Waals surface area (Å²) < 4.78 is 5.79. The fourth-order valence-electron chi connectivity index (χ4n) is 2.37. The number of carbonyl (C=O) groups is 1. The van der Waals surface area contributed by atoms with Gasteiger partial charge < -0.3 is 9.84 Å². The molecule has 0 aromatic heterocycles. The molecule has 0 aliphatic heterocycles. The monoisotopic (exact) mass is 346 g/mol. The van der Waals surface area contributed by atoms with E-state index in [0.29, 0.717) is 12.3 Å². The van der Waals surface area contributed by atoms with Gasteiger partial charge in [0.1, 0.15) is 12.4 Å². The van der Waals surface area contributed by atoms with Crippen molar-refractivity contribution in [1.82, 2.24) is 0 Å². The summed E-state index contributed by atoms with van der Waals surface area (Å²) in [5.74, 6) is -0.261. The van der Waals surface area contributed by atoms with Crippen LogP contribution in [0.25, 0.3) is 0 Å². The number of carboxylic acid groups (broad SMARTS) is 1. The van der Waals surface area contributed by atoms with Gasteiger partial charge in [0.05, 0.1) is 17.5 Å². The third-order valence-electron chi connectivity index (χ3n) is 3.66. The van der Waals surface area contributed by atoms with Gasteiger partial charge in [0, 0.05) is 0 Å². The highest BCUT2D eigenvalue weighted by Crippen LogP contribution is 2.16. The van der Waals surface area contributed by atoms with E-state index in [1.54, 1.807) is 24.4 Å². The molecule has 0 amide bonds. The van der Waals surface area contributed by atoms with Crippen molar-refractivity contribution in [1.29, 1.82) is 0 Å². The number of anilines is 1. The molecule has 0 radical (unpaired) electrons. The molecule has 0 aliphatic rings. The van der Waals surface area contributed by atoms with Gasteiger partial charge in [-0.25, -0.2) is 4.79 Å². The topological polar surface area (TPSA) is 70.9 Å². The van der Waals surface area contributed by atoms with E-state index in [-0.39, 0.29) is 5.56 Å². The fraction of sp³-hybridized carbons (Fsp3) is 0.0476. The van der Waals surface area contributed by atoms with E-state index in [1.807, 2.05) is 54.6 Å². The third-order valence-corrected chi connectivity index (χ3v) is 3.66. The summed E-state index contributed by atoms with van der Waals surface area (Å²) in [5, 5.41) is 13.3. The van der Waals surface area contributed by atoms with Gasteiger partial charge in [-0.1, -0.05) is 54.6 Å². The van der Waals surface area contributed by atoms with E-state index < -0.39 is 5.97 Å². The highest BCUT2D eigenvalue weighted by molar-refractivity contribution is 5.94. The van der Waals surface area contributed by atoms with Crippen LogP contribution < -0.4 is 10.2 Å². The van der Waals surface area contributed by atoms with Gasteiger partial charge in [-0.3, -0.25) is 5.43 Å². The largest absolute Gasteiger partial charge is 0.489 e. The lowest BCUT2D eigenvalue weighted by Crippen LogP contribution is -2.02. The van der Waals surface area contributed by atoms with Crippen LogP contribution in [0.5, 0.6) is 5.75 Å². The maximum Gasteiger partial charge on any atom is 0.337 e. The van der Waals surface area contributed by atoms with Gasteiger partial charge in [0.25, 0.3) is 0 Å². The van der Waals surface area contributed by atoms with Gasteiger partial charge in [-0.15, -0.1) is 0 Å². The lowest BCUT2D eigenvalue weighted by Gasteiger charge is -2.07. The predicted molar refractivity (Wildman–Crippen MR) is 102 cm³/mol. The highest BCUT2D eigenvalue weighted by atomic mass is 16.5. The van der Waals surface area contributed by atoms with Gasteiger partial charge in [-0.2, -0.15) is 5.10 Å². The Hall–Kier alpha value is -3.60. The van der Waals surface area contributed by atoms with E-state index in [0.717, 1.165) is 16.9 Å². The molecule has 0 fully saturated rings. The van der Waals surface area contributed by atoms with Crippen LogP contribution in [-0.4, -0.2) is 17.3 Å². The van der Waals surface area contributed by atoms with Crippen LogP contribution in [0.2, 0.25) is 0 Å². The molecule has 0 saturated heterocycles. The van der Waals surface area contributed by atoms with Crippen molar-refractivity contribution in [3.05, 3.63) is 95.6 Å². The minimum Gasteiger partial charge on any atom is -0.489 e. The van der Waals surface area contributed by atoms with Crippen molar-refractivity contribution in [2.24, 2.45) is 5.10 Å². The maximum atomic E-state index is 11.2. The Bertz CT molecular complexity index is 908. The Morgan fingerprint density at radius 2 is 1.77 bits per heavy atom. The Kier molecular flexibility index (Phi) is 5.62. The molecule has 0 unspecified atom stereocenters. The normalized spacial score (nSPS) is 10.6. The minimum atomic E-state index is -1.00. The zero-order chi connectivity index (χ0) is 18.2. The Labute approximate surface area is 151 Å². The first-order chi connectivity index (χ1) is 12.7. The van der Waals surface area contributed by atoms with E-state index in [9.17, 15) is 4.79 Å². The number of ether oxygens (including phenoxy) is 1. The highest BCUT2D eigenvalue weighted by Gasteiger charge is 2.07.